The first-order chi connectivity index (χ1) is 3.46. The Morgan fingerprint density at radius 3 is 1.22 bits per heavy atom. The van der Waals surface area contributed by atoms with Crippen LogP contribution in [0.15, 0.2) is 0 Å². The molecular weight excluding hydrogens is 233 g/mol. The van der Waals surface area contributed by atoms with Gasteiger partial charge in [0.05, 0.1) is 0 Å². The topological polar surface area (TPSA) is 63.2 Å². The van der Waals surface area contributed by atoms with Crippen LogP contribution in [-0.4, -0.2) is 55.3 Å². The summed E-state index contributed by atoms with van der Waals surface area (Å²) in [5, 5.41) is 16.7. The second kappa shape index (κ2) is 12.6. The van der Waals surface area contributed by atoms with Crippen LogP contribution in [0.25, 0.3) is 0 Å². The Morgan fingerprint density at radius 2 is 1.22 bits per heavy atom. The molecule has 0 aliphatic heterocycles. The minimum Gasteiger partial charge on any atom is -0.652 e. The van der Waals surface area contributed by atoms with E-state index in [0.29, 0.717) is 0 Å². The van der Waals surface area contributed by atoms with Gasteiger partial charge >= 0.3 is 49.1 Å². The van der Waals surface area contributed by atoms with Crippen molar-refractivity contribution in [2.45, 2.75) is 0 Å². The Kier molecular flexibility index (Phi) is 24.0. The molecule has 0 amide bonds. The second-order valence-electron chi connectivity index (χ2n) is 0.497. The summed E-state index contributed by atoms with van der Waals surface area (Å²) in [5.74, 6) is 0. The first kappa shape index (κ1) is 17.1. The average Bonchev–Trinajstić information content (AvgIpc) is 1.25. The molecule has 48 valence electrons. The monoisotopic (exact) mass is 232 g/mol. The molecule has 0 aliphatic rings. The number of hydrogen-bond donors (Lipinski definition) is 0. The molecule has 0 bridgehead atoms. The van der Waals surface area contributed by atoms with Crippen molar-refractivity contribution in [2.24, 2.45) is 0 Å². The molecule has 0 radical (unpaired) electrons. The summed E-state index contributed by atoms with van der Waals surface area (Å²) in [5.41, 5.74) is 0. The van der Waals surface area contributed by atoms with Gasteiger partial charge in [-0.3, -0.25) is 0 Å². The van der Waals surface area contributed by atoms with Crippen LogP contribution in [0.4, 0.5) is 4.79 Å². The average molecular weight is 233 g/mol. The zero-order chi connectivity index (χ0) is 7.15. The van der Waals surface area contributed by atoms with Crippen molar-refractivity contribution < 1.29 is 15.0 Å². The minimum absolute atomic E-state index is 0. The van der Waals surface area contributed by atoms with Gasteiger partial charge in [-0.2, -0.15) is 0 Å². The van der Waals surface area contributed by atoms with E-state index in [1.165, 1.54) is 0 Å². The molecule has 0 aromatic rings. The van der Waals surface area contributed by atoms with E-state index in [0.717, 1.165) is 0 Å². The molecule has 0 fully saturated rings. The predicted octanol–water partition coefficient (Wildman–Crippen LogP) is -1.14. The first-order valence-corrected chi connectivity index (χ1v) is 6.50. The molecule has 9 heavy (non-hydrogen) atoms. The van der Waals surface area contributed by atoms with Gasteiger partial charge in [-0.25, -0.2) is 30.1 Å². The van der Waals surface area contributed by atoms with Gasteiger partial charge in [0.1, 0.15) is 0 Å². The summed E-state index contributed by atoms with van der Waals surface area (Å²) in [7, 11) is 14.8. The molecule has 0 unspecified atom stereocenters. The largest absolute Gasteiger partial charge is 2.00 e. The molecule has 0 rings (SSSR count). The third-order valence-corrected chi connectivity index (χ3v) is 0. The van der Waals surface area contributed by atoms with E-state index in [2.05, 4.69) is 0 Å². The Balaban J connectivity index is -0.0000000720. The summed E-state index contributed by atoms with van der Waals surface area (Å²) in [4.78, 5) is 8.33. The molecule has 0 aromatic heterocycles. The van der Waals surface area contributed by atoms with E-state index < -0.39 is 17.5 Å². The summed E-state index contributed by atoms with van der Waals surface area (Å²) >= 11 is -1.72. The van der Waals surface area contributed by atoms with Crippen LogP contribution in [0, 0.1) is 0 Å². The molecule has 0 heterocycles. The molecule has 3 nitrogen and oxygen atoms in total. The SMILES string of the molecule is O=C([O-])[O-].[Ca+2].[Cl][Al]([Cl])[Cl]. The predicted molar refractivity (Wildman–Crippen MR) is 34.5 cm³/mol. The number of rotatable bonds is 0. The van der Waals surface area contributed by atoms with Gasteiger partial charge in [0, 0.05) is 0 Å². The van der Waals surface area contributed by atoms with E-state index in [1.807, 2.05) is 0 Å². The number of hydrogen-bond acceptors (Lipinski definition) is 3. The molecule has 0 atom stereocenters. The zero-order valence-corrected chi connectivity index (χ0v) is 9.77. The van der Waals surface area contributed by atoms with Crippen molar-refractivity contribution in [1.82, 2.24) is 0 Å². The smallest absolute Gasteiger partial charge is 0.652 e. The summed E-state index contributed by atoms with van der Waals surface area (Å²) in [6.45, 7) is 0. The Hall–Kier alpha value is 1.93. The van der Waals surface area contributed by atoms with Crippen molar-refractivity contribution >= 4 is 85.4 Å². The Labute approximate surface area is 98.9 Å². The zero-order valence-electron chi connectivity index (χ0n) is 4.14. The summed E-state index contributed by atoms with van der Waals surface area (Å²) in [6.07, 6.45) is -2.33. The van der Waals surface area contributed by atoms with E-state index in [9.17, 15) is 0 Å². The second-order valence-corrected chi connectivity index (χ2v) is 6.93. The molecule has 0 aliphatic carbocycles. The third-order valence-electron chi connectivity index (χ3n) is 0. The van der Waals surface area contributed by atoms with Crippen molar-refractivity contribution in [2.75, 3.05) is 0 Å². The molecule has 0 N–H and O–H groups in total. The molecule has 0 saturated heterocycles. The number of carbonyl (C=O) groups excluding carboxylic acids is 1. The first-order valence-electron chi connectivity index (χ1n) is 1.27. The molecule has 0 spiro atoms. The van der Waals surface area contributed by atoms with Crippen LogP contribution >= 0.6 is 30.1 Å². The molecule has 0 aromatic carbocycles. The van der Waals surface area contributed by atoms with Gasteiger partial charge in [0.25, 0.3) is 0 Å². The van der Waals surface area contributed by atoms with Gasteiger partial charge < -0.3 is 15.0 Å². The van der Waals surface area contributed by atoms with E-state index in [-0.39, 0.29) is 37.7 Å². The van der Waals surface area contributed by atoms with Crippen molar-refractivity contribution in [3.8, 4) is 0 Å². The van der Waals surface area contributed by atoms with Crippen molar-refractivity contribution in [3.63, 3.8) is 0 Å². The van der Waals surface area contributed by atoms with Gasteiger partial charge in [-0.15, -0.1) is 0 Å². The number of halogens is 3. The summed E-state index contributed by atoms with van der Waals surface area (Å²) < 4.78 is 0. The van der Waals surface area contributed by atoms with Gasteiger partial charge in [-0.05, 0) is 6.16 Å². The maximum absolute atomic E-state index is 8.33. The molecular formula is CAlCaCl3O3. The van der Waals surface area contributed by atoms with Crippen LogP contribution in [0.5, 0.6) is 0 Å². The molecule has 8 heteroatoms. The maximum atomic E-state index is 8.33. The fraction of sp³-hybridized carbons (Fsp3) is 0. The van der Waals surface area contributed by atoms with Crippen molar-refractivity contribution in [3.05, 3.63) is 0 Å². The van der Waals surface area contributed by atoms with Crippen LogP contribution < -0.4 is 10.2 Å². The van der Waals surface area contributed by atoms with E-state index in [1.54, 1.807) is 0 Å². The normalized spacial score (nSPS) is 5.67. The minimum atomic E-state index is -2.33. The fourth-order valence-corrected chi connectivity index (χ4v) is 0. The van der Waals surface area contributed by atoms with Gasteiger partial charge in [0.15, 0.2) is 0 Å². The molecule has 0 saturated carbocycles. The Morgan fingerprint density at radius 1 is 1.22 bits per heavy atom. The van der Waals surface area contributed by atoms with Crippen LogP contribution in [-0.2, 0) is 0 Å². The fourth-order valence-electron chi connectivity index (χ4n) is 0. The van der Waals surface area contributed by atoms with E-state index in [4.69, 9.17) is 45.2 Å². The third kappa shape index (κ3) is 167. The standard InChI is InChI=1S/CH2O3.Al.Ca.3ClH/c2-1(3)4;;;;;/h(H2,2,3,4);;;3*1H/q;+3;+2;;;/p-5. The van der Waals surface area contributed by atoms with Crippen molar-refractivity contribution in [1.29, 1.82) is 0 Å². The maximum Gasteiger partial charge on any atom is 2.00 e. The van der Waals surface area contributed by atoms with Crippen LogP contribution in [0.2, 0.25) is 0 Å². The van der Waals surface area contributed by atoms with Crippen LogP contribution in [0.1, 0.15) is 0 Å². The van der Waals surface area contributed by atoms with Gasteiger partial charge in [0.2, 0.25) is 0 Å². The Bertz CT molecular complexity index is 63.3. The quantitative estimate of drug-likeness (QED) is 0.497. The van der Waals surface area contributed by atoms with E-state index >= 15 is 0 Å². The van der Waals surface area contributed by atoms with Gasteiger partial charge in [-0.1, -0.05) is 0 Å². The summed E-state index contributed by atoms with van der Waals surface area (Å²) in [6, 6.07) is 0. The number of carboxylic acid groups (broad SMARTS) is 2. The van der Waals surface area contributed by atoms with Crippen LogP contribution in [0.3, 0.4) is 0 Å². The number of carbonyl (C=O) groups is 1.